The summed E-state index contributed by atoms with van der Waals surface area (Å²) in [6.45, 7) is 5.60. The Balaban J connectivity index is 3.90. The Morgan fingerprint density at radius 1 is 0.852 bits per heavy atom. The average Bonchev–Trinajstić information content (AvgIpc) is 2.62. The topological polar surface area (TPSA) is 69.4 Å². The van der Waals surface area contributed by atoms with E-state index in [1.54, 1.807) is 26.0 Å². The van der Waals surface area contributed by atoms with Crippen LogP contribution in [-0.2, 0) is 14.3 Å². The van der Waals surface area contributed by atoms with Crippen molar-refractivity contribution in [2.75, 3.05) is 0 Å². The Labute approximate surface area is 165 Å². The summed E-state index contributed by atoms with van der Waals surface area (Å²) >= 11 is 0. The predicted molar refractivity (Wildman–Crippen MR) is 113 cm³/mol. The number of esters is 1. The van der Waals surface area contributed by atoms with E-state index in [0.717, 1.165) is 6.42 Å². The van der Waals surface area contributed by atoms with Gasteiger partial charge in [0.2, 0.25) is 5.91 Å². The van der Waals surface area contributed by atoms with E-state index in [2.05, 4.69) is 13.0 Å². The summed E-state index contributed by atoms with van der Waals surface area (Å²) < 4.78 is 5.08. The molecular formula is C23H37NO3. The first-order chi connectivity index (χ1) is 13.0. The van der Waals surface area contributed by atoms with Gasteiger partial charge in [-0.05, 0) is 26.2 Å². The number of hydrogen-bond donors (Lipinski definition) is 1. The van der Waals surface area contributed by atoms with Crippen LogP contribution in [0.15, 0.2) is 47.8 Å². The molecule has 1 amide bonds. The maximum absolute atomic E-state index is 11.7. The van der Waals surface area contributed by atoms with Crippen molar-refractivity contribution >= 4 is 11.9 Å². The van der Waals surface area contributed by atoms with Crippen molar-refractivity contribution in [2.24, 2.45) is 5.73 Å². The van der Waals surface area contributed by atoms with Crippen LogP contribution in [0.1, 0.15) is 85.0 Å². The number of primary amides is 1. The largest absolute Gasteiger partial charge is 0.428 e. The first kappa shape index (κ1) is 24.9. The van der Waals surface area contributed by atoms with Gasteiger partial charge in [0.05, 0.1) is 5.57 Å². The van der Waals surface area contributed by atoms with Gasteiger partial charge >= 0.3 is 5.97 Å². The van der Waals surface area contributed by atoms with Crippen LogP contribution in [-0.4, -0.2) is 11.9 Å². The number of ether oxygens (including phenoxy) is 1. The highest BCUT2D eigenvalue weighted by atomic mass is 16.5. The second-order valence-electron chi connectivity index (χ2n) is 6.61. The molecule has 0 bridgehead atoms. The Kier molecular flexibility index (Phi) is 16.0. The van der Waals surface area contributed by atoms with E-state index in [1.807, 2.05) is 12.2 Å². The smallest absolute Gasteiger partial charge is 0.335 e. The van der Waals surface area contributed by atoms with Gasteiger partial charge in [0.25, 0.3) is 0 Å². The molecule has 0 unspecified atom stereocenters. The zero-order chi connectivity index (χ0) is 20.3. The van der Waals surface area contributed by atoms with E-state index in [0.29, 0.717) is 12.0 Å². The molecule has 0 rings (SSSR count). The number of amides is 1. The SMILES string of the molecule is CCCCCCCCCCC=CC=CC=CC(=O)OC(C)=C(CC)C(N)=O. The monoisotopic (exact) mass is 375 g/mol. The second kappa shape index (κ2) is 17.3. The molecule has 0 aromatic heterocycles. The molecule has 2 N–H and O–H groups in total. The number of carbonyl (C=O) groups excluding carboxylic acids is 2. The minimum atomic E-state index is -0.562. The lowest BCUT2D eigenvalue weighted by molar-refractivity contribution is -0.133. The van der Waals surface area contributed by atoms with Crippen LogP contribution in [0, 0.1) is 0 Å². The van der Waals surface area contributed by atoms with Crippen LogP contribution in [0.4, 0.5) is 0 Å². The molecule has 4 nitrogen and oxygen atoms in total. The molecule has 4 heteroatoms. The lowest BCUT2D eigenvalue weighted by Gasteiger charge is -2.05. The van der Waals surface area contributed by atoms with Gasteiger partial charge in [-0.3, -0.25) is 4.79 Å². The number of allylic oxidation sites excluding steroid dienone is 6. The van der Waals surface area contributed by atoms with E-state index in [1.165, 1.54) is 57.4 Å². The molecule has 0 aliphatic rings. The van der Waals surface area contributed by atoms with Gasteiger partial charge in [-0.25, -0.2) is 4.79 Å². The molecule has 0 fully saturated rings. The van der Waals surface area contributed by atoms with Crippen molar-refractivity contribution in [3.8, 4) is 0 Å². The summed E-state index contributed by atoms with van der Waals surface area (Å²) in [6, 6.07) is 0. The molecule has 0 aromatic rings. The summed E-state index contributed by atoms with van der Waals surface area (Å²) in [5, 5.41) is 0. The molecule has 0 aliphatic carbocycles. The number of hydrogen-bond acceptors (Lipinski definition) is 3. The molecule has 0 saturated heterocycles. The highest BCUT2D eigenvalue weighted by Gasteiger charge is 2.10. The predicted octanol–water partition coefficient (Wildman–Crippen LogP) is 5.90. The minimum Gasteiger partial charge on any atom is -0.428 e. The highest BCUT2D eigenvalue weighted by Crippen LogP contribution is 2.10. The first-order valence-corrected chi connectivity index (χ1v) is 10.2. The third kappa shape index (κ3) is 14.7. The van der Waals surface area contributed by atoms with Gasteiger partial charge in [-0.1, -0.05) is 89.2 Å². The summed E-state index contributed by atoms with van der Waals surface area (Å²) in [5.74, 6) is -0.825. The van der Waals surface area contributed by atoms with E-state index in [9.17, 15) is 9.59 Å². The van der Waals surface area contributed by atoms with Crippen LogP contribution < -0.4 is 5.73 Å². The lowest BCUT2D eigenvalue weighted by atomic mass is 10.1. The molecule has 0 atom stereocenters. The number of unbranched alkanes of at least 4 members (excludes halogenated alkanes) is 8. The van der Waals surface area contributed by atoms with Gasteiger partial charge < -0.3 is 10.5 Å². The molecule has 0 radical (unpaired) electrons. The van der Waals surface area contributed by atoms with Gasteiger partial charge in [0.15, 0.2) is 0 Å². The van der Waals surface area contributed by atoms with Crippen molar-refractivity contribution in [3.05, 3.63) is 47.8 Å². The molecule has 0 spiro atoms. The van der Waals surface area contributed by atoms with Crippen LogP contribution in [0.2, 0.25) is 0 Å². The van der Waals surface area contributed by atoms with E-state index < -0.39 is 11.9 Å². The third-order valence-electron chi connectivity index (χ3n) is 4.26. The van der Waals surface area contributed by atoms with Crippen molar-refractivity contribution in [1.82, 2.24) is 0 Å². The fraction of sp³-hybridized carbons (Fsp3) is 0.565. The maximum Gasteiger partial charge on any atom is 0.335 e. The van der Waals surface area contributed by atoms with Crippen molar-refractivity contribution in [1.29, 1.82) is 0 Å². The Hall–Kier alpha value is -2.10. The minimum absolute atomic E-state index is 0.258. The van der Waals surface area contributed by atoms with Crippen LogP contribution in [0.25, 0.3) is 0 Å². The maximum atomic E-state index is 11.7. The van der Waals surface area contributed by atoms with Gasteiger partial charge in [-0.15, -0.1) is 0 Å². The van der Waals surface area contributed by atoms with Gasteiger partial charge in [0.1, 0.15) is 5.76 Å². The molecule has 0 aliphatic heterocycles. The first-order valence-electron chi connectivity index (χ1n) is 10.2. The second-order valence-corrected chi connectivity index (χ2v) is 6.61. The third-order valence-corrected chi connectivity index (χ3v) is 4.26. The molecule has 27 heavy (non-hydrogen) atoms. The number of nitrogens with two attached hydrogens (primary N) is 1. The molecule has 0 saturated carbocycles. The van der Waals surface area contributed by atoms with E-state index >= 15 is 0 Å². The normalized spacial score (nSPS) is 12.9. The Morgan fingerprint density at radius 2 is 1.44 bits per heavy atom. The quantitative estimate of drug-likeness (QED) is 0.127. The molecule has 0 heterocycles. The summed E-state index contributed by atoms with van der Waals surface area (Å²) in [7, 11) is 0. The van der Waals surface area contributed by atoms with Crippen molar-refractivity contribution in [2.45, 2.75) is 85.0 Å². The van der Waals surface area contributed by atoms with Crippen LogP contribution in [0.3, 0.4) is 0 Å². The lowest BCUT2D eigenvalue weighted by Crippen LogP contribution is -2.16. The zero-order valence-corrected chi connectivity index (χ0v) is 17.3. The number of rotatable bonds is 15. The Bertz CT molecular complexity index is 542. The molecule has 152 valence electrons. The van der Waals surface area contributed by atoms with Crippen molar-refractivity contribution < 1.29 is 14.3 Å². The van der Waals surface area contributed by atoms with E-state index in [-0.39, 0.29) is 5.76 Å². The van der Waals surface area contributed by atoms with E-state index in [4.69, 9.17) is 10.5 Å². The zero-order valence-electron chi connectivity index (χ0n) is 17.3. The summed E-state index contributed by atoms with van der Waals surface area (Å²) in [5.41, 5.74) is 5.56. The Morgan fingerprint density at radius 3 is 2.04 bits per heavy atom. The fourth-order valence-electron chi connectivity index (χ4n) is 2.68. The average molecular weight is 376 g/mol. The molecular weight excluding hydrogens is 338 g/mol. The molecule has 0 aromatic carbocycles. The van der Waals surface area contributed by atoms with Crippen LogP contribution in [0.5, 0.6) is 0 Å². The summed E-state index contributed by atoms with van der Waals surface area (Å²) in [4.78, 5) is 22.9. The van der Waals surface area contributed by atoms with Crippen LogP contribution >= 0.6 is 0 Å². The number of carbonyl (C=O) groups is 2. The van der Waals surface area contributed by atoms with Gasteiger partial charge in [0, 0.05) is 6.08 Å². The fourth-order valence-corrected chi connectivity index (χ4v) is 2.68. The standard InChI is InChI=1S/C23H37NO3/c1-4-6-7-8-9-10-11-12-13-14-15-16-17-18-19-22(25)27-20(3)21(5-2)23(24)26/h14-19H,4-13H2,1-3H3,(H2,24,26). The summed E-state index contributed by atoms with van der Waals surface area (Å²) in [6.07, 6.45) is 22.9. The van der Waals surface area contributed by atoms with Crippen molar-refractivity contribution in [3.63, 3.8) is 0 Å². The van der Waals surface area contributed by atoms with Gasteiger partial charge in [-0.2, -0.15) is 0 Å². The highest BCUT2D eigenvalue weighted by molar-refractivity contribution is 5.93.